The van der Waals surface area contributed by atoms with Crippen LogP contribution in [-0.4, -0.2) is 17.9 Å². The largest absolute Gasteiger partial charge is 0.413 e. The van der Waals surface area contributed by atoms with Crippen LogP contribution in [0.3, 0.4) is 0 Å². The number of aldehydes is 1. The van der Waals surface area contributed by atoms with Gasteiger partial charge in [-0.1, -0.05) is 0 Å². The van der Waals surface area contributed by atoms with E-state index in [4.69, 9.17) is 4.74 Å². The highest BCUT2D eigenvalue weighted by molar-refractivity contribution is 7.12. The molecule has 1 aromatic rings. The summed E-state index contributed by atoms with van der Waals surface area (Å²) in [7, 11) is 0. The molecule has 0 aromatic carbocycles. The molecule has 0 aliphatic heterocycles. The van der Waals surface area contributed by atoms with E-state index in [9.17, 15) is 9.59 Å². The van der Waals surface area contributed by atoms with Crippen molar-refractivity contribution in [3.8, 4) is 5.06 Å². The number of hydrogen-bond acceptors (Lipinski definition) is 4. The van der Waals surface area contributed by atoms with Crippen LogP contribution in [0.4, 0.5) is 4.79 Å². The van der Waals surface area contributed by atoms with Gasteiger partial charge in [-0.3, -0.25) is 4.79 Å². The van der Waals surface area contributed by atoms with Crippen LogP contribution >= 0.6 is 11.3 Å². The van der Waals surface area contributed by atoms with Crippen molar-refractivity contribution < 1.29 is 14.3 Å². The van der Waals surface area contributed by atoms with Gasteiger partial charge in [0.05, 0.1) is 5.56 Å². The maximum atomic E-state index is 11.4. The van der Waals surface area contributed by atoms with Crippen molar-refractivity contribution in [3.05, 3.63) is 17.0 Å². The standard InChI is InChI=1S/C10H13NO3S/c1-10(2,3)11-9(13)14-8-7(6-12)4-5-15-8/h4-6H,1-3H3,(H,11,13). The molecule has 1 heterocycles. The Labute approximate surface area is 92.2 Å². The Kier molecular flexibility index (Phi) is 3.47. The normalized spacial score (nSPS) is 10.9. The van der Waals surface area contributed by atoms with E-state index in [-0.39, 0.29) is 5.54 Å². The number of rotatable bonds is 2. The van der Waals surface area contributed by atoms with Crippen LogP contribution in [-0.2, 0) is 0 Å². The van der Waals surface area contributed by atoms with Crippen molar-refractivity contribution in [2.45, 2.75) is 26.3 Å². The van der Waals surface area contributed by atoms with Gasteiger partial charge < -0.3 is 10.1 Å². The number of hydrogen-bond donors (Lipinski definition) is 1. The van der Waals surface area contributed by atoms with Crippen LogP contribution in [0.15, 0.2) is 11.4 Å². The molecular weight excluding hydrogens is 214 g/mol. The fourth-order valence-electron chi connectivity index (χ4n) is 0.891. The summed E-state index contributed by atoms with van der Waals surface area (Å²) in [6.07, 6.45) is 0.115. The summed E-state index contributed by atoms with van der Waals surface area (Å²) < 4.78 is 4.99. The van der Waals surface area contributed by atoms with Crippen molar-refractivity contribution in [1.29, 1.82) is 0 Å². The Hall–Kier alpha value is -1.36. The topological polar surface area (TPSA) is 55.4 Å². The maximum absolute atomic E-state index is 11.4. The van der Waals surface area contributed by atoms with Gasteiger partial charge in [0.15, 0.2) is 11.3 Å². The second-order valence-corrected chi connectivity index (χ2v) is 4.92. The molecule has 0 aliphatic carbocycles. The van der Waals surface area contributed by atoms with Crippen molar-refractivity contribution in [1.82, 2.24) is 5.32 Å². The van der Waals surface area contributed by atoms with E-state index in [0.717, 1.165) is 0 Å². The minimum atomic E-state index is -0.548. The summed E-state index contributed by atoms with van der Waals surface area (Å²) in [6.45, 7) is 5.55. The molecule has 0 bridgehead atoms. The minimum Gasteiger partial charge on any atom is -0.398 e. The Bertz CT molecular complexity index is 365. The molecule has 82 valence electrons. The highest BCUT2D eigenvalue weighted by atomic mass is 32.1. The molecular formula is C10H13NO3S. The molecule has 0 fully saturated rings. The van der Waals surface area contributed by atoms with Gasteiger partial charge in [0.2, 0.25) is 0 Å². The zero-order valence-electron chi connectivity index (χ0n) is 8.87. The molecule has 5 heteroatoms. The molecule has 0 spiro atoms. The molecule has 0 saturated heterocycles. The van der Waals surface area contributed by atoms with Crippen LogP contribution in [0, 0.1) is 0 Å². The minimum absolute atomic E-state index is 0.326. The molecule has 0 radical (unpaired) electrons. The zero-order valence-corrected chi connectivity index (χ0v) is 9.68. The third-order valence-corrected chi connectivity index (χ3v) is 2.25. The molecule has 1 rings (SSSR count). The van der Waals surface area contributed by atoms with Gasteiger partial charge in [-0.25, -0.2) is 4.79 Å². The Morgan fingerprint density at radius 3 is 2.73 bits per heavy atom. The summed E-state index contributed by atoms with van der Waals surface area (Å²) in [5, 5.41) is 4.66. The van der Waals surface area contributed by atoms with Crippen LogP contribution in [0.5, 0.6) is 5.06 Å². The van der Waals surface area contributed by atoms with Crippen molar-refractivity contribution >= 4 is 23.7 Å². The van der Waals surface area contributed by atoms with Gasteiger partial charge in [0, 0.05) is 5.54 Å². The highest BCUT2D eigenvalue weighted by Gasteiger charge is 2.16. The van der Waals surface area contributed by atoms with Crippen LogP contribution in [0.1, 0.15) is 31.1 Å². The molecule has 1 N–H and O–H groups in total. The predicted octanol–water partition coefficient (Wildman–Crippen LogP) is 2.45. The number of carbonyl (C=O) groups excluding carboxylic acids is 2. The molecule has 0 aliphatic rings. The number of carbonyl (C=O) groups is 2. The third kappa shape index (κ3) is 3.71. The fourth-order valence-corrected chi connectivity index (χ4v) is 1.61. The average Bonchev–Trinajstić information content (AvgIpc) is 2.48. The summed E-state index contributed by atoms with van der Waals surface area (Å²) in [5.74, 6) is 0. The molecule has 0 atom stereocenters. The quantitative estimate of drug-likeness (QED) is 0.789. The lowest BCUT2D eigenvalue weighted by molar-refractivity contribution is 0.112. The average molecular weight is 227 g/mol. The lowest BCUT2D eigenvalue weighted by atomic mass is 10.1. The first kappa shape index (κ1) is 11.7. The van der Waals surface area contributed by atoms with E-state index in [1.54, 1.807) is 11.4 Å². The molecule has 4 nitrogen and oxygen atoms in total. The molecule has 15 heavy (non-hydrogen) atoms. The van der Waals surface area contributed by atoms with E-state index in [0.29, 0.717) is 16.9 Å². The second-order valence-electron chi connectivity index (χ2n) is 4.05. The Morgan fingerprint density at radius 1 is 1.53 bits per heavy atom. The van der Waals surface area contributed by atoms with Gasteiger partial charge >= 0.3 is 6.09 Å². The summed E-state index contributed by atoms with van der Waals surface area (Å²) in [5.41, 5.74) is 0.0411. The summed E-state index contributed by atoms with van der Waals surface area (Å²) in [4.78, 5) is 21.9. The van der Waals surface area contributed by atoms with Crippen molar-refractivity contribution in [3.63, 3.8) is 0 Å². The smallest absolute Gasteiger partial charge is 0.398 e. The first-order valence-electron chi connectivity index (χ1n) is 4.45. The van der Waals surface area contributed by atoms with E-state index >= 15 is 0 Å². The third-order valence-electron chi connectivity index (χ3n) is 1.45. The van der Waals surface area contributed by atoms with Crippen LogP contribution in [0.2, 0.25) is 0 Å². The molecule has 0 saturated carbocycles. The van der Waals surface area contributed by atoms with Gasteiger partial charge in [-0.2, -0.15) is 0 Å². The Balaban J connectivity index is 2.63. The molecule has 1 amide bonds. The monoisotopic (exact) mass is 227 g/mol. The van der Waals surface area contributed by atoms with Gasteiger partial charge in [0.25, 0.3) is 0 Å². The number of nitrogens with one attached hydrogen (secondary N) is 1. The van der Waals surface area contributed by atoms with Crippen LogP contribution in [0.25, 0.3) is 0 Å². The number of thiophene rings is 1. The lowest BCUT2D eigenvalue weighted by Gasteiger charge is -2.19. The van der Waals surface area contributed by atoms with E-state index in [2.05, 4.69) is 5.32 Å². The molecule has 1 aromatic heterocycles. The number of amides is 1. The Morgan fingerprint density at radius 2 is 2.20 bits per heavy atom. The SMILES string of the molecule is CC(C)(C)NC(=O)Oc1sccc1C=O. The van der Waals surface area contributed by atoms with Gasteiger partial charge in [-0.05, 0) is 32.2 Å². The van der Waals surface area contributed by atoms with Crippen molar-refractivity contribution in [2.24, 2.45) is 0 Å². The molecule has 0 unspecified atom stereocenters. The predicted molar refractivity (Wildman–Crippen MR) is 58.6 cm³/mol. The van der Waals surface area contributed by atoms with Crippen molar-refractivity contribution in [2.75, 3.05) is 0 Å². The zero-order chi connectivity index (χ0) is 11.5. The number of ether oxygens (including phenoxy) is 1. The second kappa shape index (κ2) is 4.44. The highest BCUT2D eigenvalue weighted by Crippen LogP contribution is 2.24. The first-order valence-corrected chi connectivity index (χ1v) is 5.33. The van der Waals surface area contributed by atoms with Gasteiger partial charge in [0.1, 0.15) is 0 Å². The maximum Gasteiger partial charge on any atom is 0.413 e. The summed E-state index contributed by atoms with van der Waals surface area (Å²) >= 11 is 1.21. The summed E-state index contributed by atoms with van der Waals surface area (Å²) in [6, 6.07) is 1.61. The lowest BCUT2D eigenvalue weighted by Crippen LogP contribution is -2.42. The first-order chi connectivity index (χ1) is 6.92. The van der Waals surface area contributed by atoms with E-state index in [1.807, 2.05) is 20.8 Å². The fraction of sp³-hybridized carbons (Fsp3) is 0.400. The van der Waals surface area contributed by atoms with Gasteiger partial charge in [-0.15, -0.1) is 11.3 Å². The van der Waals surface area contributed by atoms with E-state index < -0.39 is 6.09 Å². The van der Waals surface area contributed by atoms with E-state index in [1.165, 1.54) is 11.3 Å². The van der Waals surface area contributed by atoms with Crippen LogP contribution < -0.4 is 10.1 Å².